The number of pyridine rings is 1. The number of hydrogen-bond donors (Lipinski definition) is 2. The molecule has 3 rings (SSSR count). The van der Waals surface area contributed by atoms with Crippen molar-refractivity contribution in [1.29, 1.82) is 0 Å². The largest absolute Gasteiger partial charge is 0.409 e. The van der Waals surface area contributed by atoms with Crippen LogP contribution in [0.5, 0.6) is 0 Å². The van der Waals surface area contributed by atoms with Crippen LogP contribution in [-0.4, -0.2) is 28.6 Å². The van der Waals surface area contributed by atoms with Gasteiger partial charge in [-0.05, 0) is 63.5 Å². The van der Waals surface area contributed by atoms with Crippen LogP contribution in [0.2, 0.25) is 0 Å². The molecule has 0 bridgehead atoms. The van der Waals surface area contributed by atoms with Crippen LogP contribution in [0.3, 0.4) is 0 Å². The molecule has 2 aliphatic rings. The van der Waals surface area contributed by atoms with Gasteiger partial charge in [-0.15, -0.1) is 0 Å². The Kier molecular flexibility index (Phi) is 3.99. The highest BCUT2D eigenvalue weighted by Crippen LogP contribution is 2.30. The third kappa shape index (κ3) is 2.69. The summed E-state index contributed by atoms with van der Waals surface area (Å²) in [5, 5.41) is 12.3. The van der Waals surface area contributed by atoms with Crippen LogP contribution in [0.1, 0.15) is 55.8 Å². The number of fused-ring (bicyclic) bond motifs is 1. The molecule has 1 aliphatic heterocycles. The van der Waals surface area contributed by atoms with Crippen molar-refractivity contribution >= 4 is 11.7 Å². The lowest BCUT2D eigenvalue weighted by atomic mass is 9.94. The first-order chi connectivity index (χ1) is 10.2. The fourth-order valence-electron chi connectivity index (χ4n) is 3.50. The summed E-state index contributed by atoms with van der Waals surface area (Å²) in [6.07, 6.45) is 8.11. The second-order valence-electron chi connectivity index (χ2n) is 6.20. The molecular formula is C16H24N4O. The van der Waals surface area contributed by atoms with Gasteiger partial charge in [-0.1, -0.05) is 5.16 Å². The van der Waals surface area contributed by atoms with E-state index in [1.54, 1.807) is 0 Å². The first kappa shape index (κ1) is 14.2. The Morgan fingerprint density at radius 2 is 2.14 bits per heavy atom. The van der Waals surface area contributed by atoms with E-state index in [4.69, 9.17) is 15.9 Å². The fourth-order valence-corrected chi connectivity index (χ4v) is 3.50. The molecule has 5 heteroatoms. The van der Waals surface area contributed by atoms with E-state index in [1.165, 1.54) is 43.4 Å². The quantitative estimate of drug-likeness (QED) is 0.379. The van der Waals surface area contributed by atoms with Crippen molar-refractivity contribution in [3.8, 4) is 0 Å². The molecule has 1 atom stereocenters. The number of nitrogens with zero attached hydrogens (tertiary/aromatic N) is 3. The molecule has 0 aromatic carbocycles. The highest BCUT2D eigenvalue weighted by Gasteiger charge is 2.25. The van der Waals surface area contributed by atoms with Crippen LogP contribution < -0.4 is 10.6 Å². The lowest BCUT2D eigenvalue weighted by Gasteiger charge is -2.36. The van der Waals surface area contributed by atoms with Crippen LogP contribution in [0.4, 0.5) is 5.82 Å². The molecule has 5 nitrogen and oxygen atoms in total. The van der Waals surface area contributed by atoms with Gasteiger partial charge in [-0.3, -0.25) is 0 Å². The van der Waals surface area contributed by atoms with E-state index in [1.807, 2.05) is 0 Å². The minimum atomic E-state index is 0.170. The van der Waals surface area contributed by atoms with E-state index < -0.39 is 0 Å². The van der Waals surface area contributed by atoms with Crippen LogP contribution >= 0.6 is 0 Å². The van der Waals surface area contributed by atoms with E-state index in [0.717, 1.165) is 30.8 Å². The maximum atomic E-state index is 9.10. The monoisotopic (exact) mass is 288 g/mol. The molecule has 0 radical (unpaired) electrons. The van der Waals surface area contributed by atoms with Gasteiger partial charge in [-0.2, -0.15) is 0 Å². The van der Waals surface area contributed by atoms with Gasteiger partial charge in [0.15, 0.2) is 5.84 Å². The summed E-state index contributed by atoms with van der Waals surface area (Å²) in [6.45, 7) is 3.23. The van der Waals surface area contributed by atoms with Crippen molar-refractivity contribution in [3.05, 3.63) is 22.9 Å². The van der Waals surface area contributed by atoms with Gasteiger partial charge >= 0.3 is 0 Å². The Bertz CT molecular complexity index is 555. The maximum absolute atomic E-state index is 9.10. The molecule has 3 N–H and O–H groups in total. The number of nitrogens with two attached hydrogens (primary N) is 1. The van der Waals surface area contributed by atoms with E-state index in [0.29, 0.717) is 6.04 Å². The summed E-state index contributed by atoms with van der Waals surface area (Å²) < 4.78 is 0. The lowest BCUT2D eigenvalue weighted by molar-refractivity contribution is 0.318. The minimum absolute atomic E-state index is 0.170. The van der Waals surface area contributed by atoms with Crippen LogP contribution in [-0.2, 0) is 12.8 Å². The SMILES string of the molecule is CC1CCCCN1c1nc2c(cc1C(N)=NO)CCCC2. The smallest absolute Gasteiger partial charge is 0.173 e. The van der Waals surface area contributed by atoms with E-state index in [-0.39, 0.29) is 5.84 Å². The average molecular weight is 288 g/mol. The zero-order valence-corrected chi connectivity index (χ0v) is 12.7. The van der Waals surface area contributed by atoms with Crippen molar-refractivity contribution in [3.63, 3.8) is 0 Å². The van der Waals surface area contributed by atoms with Crippen molar-refractivity contribution in [2.45, 2.75) is 57.9 Å². The predicted molar refractivity (Wildman–Crippen MR) is 84.0 cm³/mol. The fraction of sp³-hybridized carbons (Fsp3) is 0.625. The molecular weight excluding hydrogens is 264 g/mol. The Labute approximate surface area is 125 Å². The normalized spacial score (nSPS) is 23.0. The first-order valence-corrected chi connectivity index (χ1v) is 7.98. The number of hydrogen-bond acceptors (Lipinski definition) is 4. The third-order valence-electron chi connectivity index (χ3n) is 4.74. The molecule has 0 spiro atoms. The first-order valence-electron chi connectivity index (χ1n) is 7.98. The van der Waals surface area contributed by atoms with Crippen LogP contribution in [0.25, 0.3) is 0 Å². The Morgan fingerprint density at radius 3 is 2.90 bits per heavy atom. The van der Waals surface area contributed by atoms with Gasteiger partial charge in [0.05, 0.1) is 5.56 Å². The van der Waals surface area contributed by atoms with Gasteiger partial charge in [0.2, 0.25) is 0 Å². The number of aromatic nitrogens is 1. The lowest BCUT2D eigenvalue weighted by Crippen LogP contribution is -2.39. The molecule has 1 aliphatic carbocycles. The minimum Gasteiger partial charge on any atom is -0.409 e. The summed E-state index contributed by atoms with van der Waals surface area (Å²) in [5.74, 6) is 1.07. The molecule has 114 valence electrons. The molecule has 1 unspecified atom stereocenters. The number of piperidine rings is 1. The van der Waals surface area contributed by atoms with Crippen molar-refractivity contribution in [1.82, 2.24) is 4.98 Å². The summed E-state index contributed by atoms with van der Waals surface area (Å²) in [7, 11) is 0. The van der Waals surface area contributed by atoms with Gasteiger partial charge in [0.1, 0.15) is 5.82 Å². The molecule has 1 aromatic heterocycles. The number of anilines is 1. The average Bonchev–Trinajstić information content (AvgIpc) is 2.53. The molecule has 1 aromatic rings. The third-order valence-corrected chi connectivity index (χ3v) is 4.74. The zero-order valence-electron chi connectivity index (χ0n) is 12.7. The van der Waals surface area contributed by atoms with E-state index in [9.17, 15) is 0 Å². The number of aryl methyl sites for hydroxylation is 2. The van der Waals surface area contributed by atoms with Crippen LogP contribution in [0.15, 0.2) is 11.2 Å². The van der Waals surface area contributed by atoms with Crippen molar-refractivity contribution in [2.75, 3.05) is 11.4 Å². The topological polar surface area (TPSA) is 74.7 Å². The zero-order chi connectivity index (χ0) is 14.8. The Morgan fingerprint density at radius 1 is 1.33 bits per heavy atom. The highest BCUT2D eigenvalue weighted by atomic mass is 16.4. The number of oxime groups is 1. The summed E-state index contributed by atoms with van der Waals surface area (Å²) in [4.78, 5) is 7.24. The number of amidine groups is 1. The molecule has 0 amide bonds. The number of rotatable bonds is 2. The molecule has 1 fully saturated rings. The van der Waals surface area contributed by atoms with Gasteiger partial charge in [0.25, 0.3) is 0 Å². The summed E-state index contributed by atoms with van der Waals surface area (Å²) in [6, 6.07) is 2.55. The summed E-state index contributed by atoms with van der Waals surface area (Å²) in [5.41, 5.74) is 9.16. The van der Waals surface area contributed by atoms with Crippen molar-refractivity contribution in [2.24, 2.45) is 10.9 Å². The van der Waals surface area contributed by atoms with Gasteiger partial charge in [0, 0.05) is 18.3 Å². The molecule has 1 saturated heterocycles. The van der Waals surface area contributed by atoms with Gasteiger partial charge < -0.3 is 15.8 Å². The Balaban J connectivity index is 2.07. The Hall–Kier alpha value is -1.78. The second kappa shape index (κ2) is 5.92. The molecule has 0 saturated carbocycles. The summed E-state index contributed by atoms with van der Waals surface area (Å²) >= 11 is 0. The van der Waals surface area contributed by atoms with E-state index in [2.05, 4.69) is 23.0 Å². The van der Waals surface area contributed by atoms with E-state index >= 15 is 0 Å². The second-order valence-corrected chi connectivity index (χ2v) is 6.20. The predicted octanol–water partition coefficient (Wildman–Crippen LogP) is 2.43. The maximum Gasteiger partial charge on any atom is 0.173 e. The van der Waals surface area contributed by atoms with Crippen molar-refractivity contribution < 1.29 is 5.21 Å². The molecule has 21 heavy (non-hydrogen) atoms. The van der Waals surface area contributed by atoms with Gasteiger partial charge in [-0.25, -0.2) is 4.98 Å². The molecule has 2 heterocycles. The van der Waals surface area contributed by atoms with Crippen LogP contribution in [0, 0.1) is 0 Å². The standard InChI is InChI=1S/C16H24N4O/c1-11-6-4-5-9-20(11)16-13(15(17)19-21)10-12-7-2-3-8-14(12)18-16/h10-11,21H,2-9H2,1H3,(H2,17,19). The highest BCUT2D eigenvalue weighted by molar-refractivity contribution is 6.01.